The number of nitrogens with one attached hydrogen (secondary N) is 1. The number of imidazole rings is 1. The van der Waals surface area contributed by atoms with E-state index < -0.39 is 0 Å². The standard InChI is InChI=1S/C18H21N5O2/c1-2-23-8-7-20-17(23)16(14-5-9-25-10-6-14)22-18(24)15-4-3-13(11-19)12-21-15/h3-4,7-8,12,14,16H,2,5-6,9-10H2,1H3,(H,22,24)/t16-/m1/s1. The highest BCUT2D eigenvalue weighted by Gasteiger charge is 2.30. The Bertz CT molecular complexity index is 757. The molecule has 3 rings (SSSR count). The van der Waals surface area contributed by atoms with Gasteiger partial charge in [-0.25, -0.2) is 9.97 Å². The normalized spacial score (nSPS) is 16.2. The molecule has 7 heteroatoms. The van der Waals surface area contributed by atoms with Crippen LogP contribution in [-0.2, 0) is 11.3 Å². The molecule has 0 saturated carbocycles. The third-order valence-electron chi connectivity index (χ3n) is 4.52. The number of aryl methyl sites for hydroxylation is 1. The van der Waals surface area contributed by atoms with Crippen molar-refractivity contribution in [3.05, 3.63) is 47.8 Å². The molecular formula is C18H21N5O2. The number of amides is 1. The number of hydrogen-bond donors (Lipinski definition) is 1. The Labute approximate surface area is 146 Å². The molecule has 1 aliphatic rings. The Hall–Kier alpha value is -2.72. The van der Waals surface area contributed by atoms with Crippen molar-refractivity contribution in [3.8, 4) is 6.07 Å². The first-order chi connectivity index (χ1) is 12.2. The summed E-state index contributed by atoms with van der Waals surface area (Å²) in [5.41, 5.74) is 0.727. The summed E-state index contributed by atoms with van der Waals surface area (Å²) < 4.78 is 7.50. The number of carbonyl (C=O) groups excluding carboxylic acids is 1. The van der Waals surface area contributed by atoms with Gasteiger partial charge >= 0.3 is 0 Å². The average molecular weight is 339 g/mol. The SMILES string of the molecule is CCn1ccnc1[C@H](NC(=O)c1ccc(C#N)cn1)C1CCOCC1. The van der Waals surface area contributed by atoms with Gasteiger partial charge in [0.1, 0.15) is 17.6 Å². The summed E-state index contributed by atoms with van der Waals surface area (Å²) in [5, 5.41) is 11.9. The smallest absolute Gasteiger partial charge is 0.270 e. The van der Waals surface area contributed by atoms with Gasteiger partial charge in [0.05, 0.1) is 11.6 Å². The Morgan fingerprint density at radius 2 is 2.24 bits per heavy atom. The summed E-state index contributed by atoms with van der Waals surface area (Å²) >= 11 is 0. The first-order valence-electron chi connectivity index (χ1n) is 8.48. The molecule has 2 aromatic rings. The van der Waals surface area contributed by atoms with Crippen LogP contribution in [0.25, 0.3) is 0 Å². The monoisotopic (exact) mass is 339 g/mol. The number of pyridine rings is 1. The summed E-state index contributed by atoms with van der Waals surface area (Å²) in [6, 6.07) is 4.98. The second-order valence-corrected chi connectivity index (χ2v) is 6.02. The number of rotatable bonds is 5. The van der Waals surface area contributed by atoms with E-state index in [2.05, 4.69) is 22.2 Å². The number of nitriles is 1. The van der Waals surface area contributed by atoms with Gasteiger partial charge < -0.3 is 14.6 Å². The van der Waals surface area contributed by atoms with Crippen LogP contribution in [0, 0.1) is 17.2 Å². The van der Waals surface area contributed by atoms with Crippen LogP contribution in [0.3, 0.4) is 0 Å². The maximum absolute atomic E-state index is 12.7. The van der Waals surface area contributed by atoms with Gasteiger partial charge in [-0.15, -0.1) is 0 Å². The molecule has 25 heavy (non-hydrogen) atoms. The van der Waals surface area contributed by atoms with Crippen LogP contribution >= 0.6 is 0 Å². The Balaban J connectivity index is 1.83. The Morgan fingerprint density at radius 3 is 2.88 bits per heavy atom. The van der Waals surface area contributed by atoms with E-state index in [1.165, 1.54) is 6.20 Å². The van der Waals surface area contributed by atoms with E-state index >= 15 is 0 Å². The molecular weight excluding hydrogens is 318 g/mol. The molecule has 1 saturated heterocycles. The molecule has 1 atom stereocenters. The van der Waals surface area contributed by atoms with E-state index in [1.54, 1.807) is 18.3 Å². The molecule has 0 radical (unpaired) electrons. The minimum Gasteiger partial charge on any atom is -0.381 e. The maximum Gasteiger partial charge on any atom is 0.270 e. The third-order valence-corrected chi connectivity index (χ3v) is 4.52. The van der Waals surface area contributed by atoms with Gasteiger partial charge in [-0.2, -0.15) is 5.26 Å². The van der Waals surface area contributed by atoms with Gasteiger partial charge in [0.2, 0.25) is 0 Å². The molecule has 3 heterocycles. The average Bonchev–Trinajstić information content (AvgIpc) is 3.15. The van der Waals surface area contributed by atoms with Gasteiger partial charge in [0.15, 0.2) is 0 Å². The van der Waals surface area contributed by atoms with Crippen LogP contribution in [0.15, 0.2) is 30.7 Å². The quantitative estimate of drug-likeness (QED) is 0.900. The summed E-state index contributed by atoms with van der Waals surface area (Å²) in [6.07, 6.45) is 6.85. The van der Waals surface area contributed by atoms with Crippen LogP contribution in [0.5, 0.6) is 0 Å². The fourth-order valence-corrected chi connectivity index (χ4v) is 3.12. The lowest BCUT2D eigenvalue weighted by Crippen LogP contribution is -2.38. The summed E-state index contributed by atoms with van der Waals surface area (Å²) in [4.78, 5) is 21.2. The zero-order valence-corrected chi connectivity index (χ0v) is 14.2. The molecule has 1 fully saturated rings. The lowest BCUT2D eigenvalue weighted by Gasteiger charge is -2.30. The zero-order chi connectivity index (χ0) is 17.6. The zero-order valence-electron chi connectivity index (χ0n) is 14.2. The minimum atomic E-state index is -0.258. The minimum absolute atomic E-state index is 0.191. The molecule has 0 aromatic carbocycles. The van der Waals surface area contributed by atoms with E-state index in [0.29, 0.717) is 24.5 Å². The fourth-order valence-electron chi connectivity index (χ4n) is 3.12. The predicted octanol–water partition coefficient (Wildman–Crippen LogP) is 2.07. The van der Waals surface area contributed by atoms with Gasteiger partial charge in [-0.1, -0.05) is 0 Å². The molecule has 0 bridgehead atoms. The van der Waals surface area contributed by atoms with Gasteiger partial charge in [-0.3, -0.25) is 4.79 Å². The van der Waals surface area contributed by atoms with Crippen molar-refractivity contribution < 1.29 is 9.53 Å². The molecule has 1 N–H and O–H groups in total. The van der Waals surface area contributed by atoms with Gasteiger partial charge in [-0.05, 0) is 37.8 Å². The number of hydrogen-bond acceptors (Lipinski definition) is 5. The molecule has 2 aromatic heterocycles. The topological polar surface area (TPSA) is 92.8 Å². The second-order valence-electron chi connectivity index (χ2n) is 6.02. The van der Waals surface area contributed by atoms with Crippen LogP contribution in [0.2, 0.25) is 0 Å². The van der Waals surface area contributed by atoms with Crippen LogP contribution in [-0.4, -0.2) is 33.7 Å². The van der Waals surface area contributed by atoms with Crippen molar-refractivity contribution in [2.75, 3.05) is 13.2 Å². The Kier molecular flexibility index (Phi) is 5.41. The lowest BCUT2D eigenvalue weighted by molar-refractivity contribution is 0.0497. The first-order valence-corrected chi connectivity index (χ1v) is 8.48. The van der Waals surface area contributed by atoms with Crippen LogP contribution < -0.4 is 5.32 Å². The van der Waals surface area contributed by atoms with E-state index in [9.17, 15) is 4.79 Å². The Morgan fingerprint density at radius 1 is 1.44 bits per heavy atom. The summed E-state index contributed by atoms with van der Waals surface area (Å²) in [6.45, 7) is 4.23. The lowest BCUT2D eigenvalue weighted by atomic mass is 9.91. The van der Waals surface area contributed by atoms with Crippen LogP contribution in [0.1, 0.15) is 47.7 Å². The van der Waals surface area contributed by atoms with Crippen molar-refractivity contribution >= 4 is 5.91 Å². The second kappa shape index (κ2) is 7.90. The van der Waals surface area contributed by atoms with Crippen molar-refractivity contribution in [2.24, 2.45) is 5.92 Å². The van der Waals surface area contributed by atoms with Crippen molar-refractivity contribution in [1.29, 1.82) is 5.26 Å². The predicted molar refractivity (Wildman–Crippen MR) is 90.6 cm³/mol. The number of carbonyl (C=O) groups is 1. The first kappa shape index (κ1) is 17.1. The molecule has 0 spiro atoms. The largest absolute Gasteiger partial charge is 0.381 e. The van der Waals surface area contributed by atoms with E-state index in [-0.39, 0.29) is 17.9 Å². The molecule has 1 aliphatic heterocycles. The third kappa shape index (κ3) is 3.86. The number of ether oxygens (including phenoxy) is 1. The highest BCUT2D eigenvalue weighted by molar-refractivity contribution is 5.92. The number of aromatic nitrogens is 3. The molecule has 130 valence electrons. The van der Waals surface area contributed by atoms with E-state index in [0.717, 1.165) is 25.2 Å². The van der Waals surface area contributed by atoms with Gasteiger partial charge in [0.25, 0.3) is 5.91 Å². The number of nitrogens with zero attached hydrogens (tertiary/aromatic N) is 4. The van der Waals surface area contributed by atoms with E-state index in [4.69, 9.17) is 10.00 Å². The molecule has 0 unspecified atom stereocenters. The van der Waals surface area contributed by atoms with E-state index in [1.807, 2.05) is 16.8 Å². The molecule has 1 amide bonds. The summed E-state index contributed by atoms with van der Waals surface area (Å²) in [5.74, 6) is 0.867. The van der Waals surface area contributed by atoms with Crippen molar-refractivity contribution in [1.82, 2.24) is 19.9 Å². The maximum atomic E-state index is 12.7. The fraction of sp³-hybridized carbons (Fsp3) is 0.444. The van der Waals surface area contributed by atoms with Crippen LogP contribution in [0.4, 0.5) is 0 Å². The summed E-state index contributed by atoms with van der Waals surface area (Å²) in [7, 11) is 0. The highest BCUT2D eigenvalue weighted by Crippen LogP contribution is 2.29. The van der Waals surface area contributed by atoms with Crippen molar-refractivity contribution in [2.45, 2.75) is 32.4 Å². The molecule has 7 nitrogen and oxygen atoms in total. The van der Waals surface area contributed by atoms with Crippen molar-refractivity contribution in [3.63, 3.8) is 0 Å². The highest BCUT2D eigenvalue weighted by atomic mass is 16.5. The molecule has 0 aliphatic carbocycles. The van der Waals surface area contributed by atoms with Gasteiger partial charge in [0, 0.05) is 38.3 Å².